The van der Waals surface area contributed by atoms with Gasteiger partial charge in [-0.25, -0.2) is 4.39 Å². The van der Waals surface area contributed by atoms with Crippen molar-refractivity contribution in [3.05, 3.63) is 89.8 Å². The fourth-order valence-electron chi connectivity index (χ4n) is 4.61. The Hall–Kier alpha value is -2.75. The molecule has 1 nitrogen and oxygen atoms in total. The molecule has 0 aliphatic heterocycles. The summed E-state index contributed by atoms with van der Waals surface area (Å²) < 4.78 is 44.0. The summed E-state index contributed by atoms with van der Waals surface area (Å²) in [7, 11) is 0. The van der Waals surface area contributed by atoms with Crippen LogP contribution in [0.5, 0.6) is 5.75 Å². The van der Waals surface area contributed by atoms with Crippen LogP contribution in [0.25, 0.3) is 10.8 Å². The Balaban J connectivity index is 1.45. The molecule has 0 radical (unpaired) electrons. The van der Waals surface area contributed by atoms with Crippen LogP contribution in [-0.4, -0.2) is 6.61 Å². The van der Waals surface area contributed by atoms with E-state index in [2.05, 4.69) is 29.5 Å². The van der Waals surface area contributed by atoms with Crippen LogP contribution in [0.3, 0.4) is 0 Å². The van der Waals surface area contributed by atoms with Crippen molar-refractivity contribution in [1.29, 1.82) is 0 Å². The molecular weight excluding hydrogens is 397 g/mol. The van der Waals surface area contributed by atoms with E-state index in [-0.39, 0.29) is 11.6 Å². The van der Waals surface area contributed by atoms with Gasteiger partial charge < -0.3 is 4.74 Å². The molecule has 1 aliphatic rings. The minimum Gasteiger partial charge on any atom is -0.435 e. The van der Waals surface area contributed by atoms with Gasteiger partial charge in [0.2, 0.25) is 0 Å². The van der Waals surface area contributed by atoms with Gasteiger partial charge in [-0.15, -0.1) is 6.58 Å². The number of alkyl halides is 2. The predicted octanol–water partition coefficient (Wildman–Crippen LogP) is 7.83. The van der Waals surface area contributed by atoms with E-state index in [0.717, 1.165) is 23.8 Å². The van der Waals surface area contributed by atoms with Gasteiger partial charge in [0.1, 0.15) is 11.6 Å². The monoisotopic (exact) mass is 424 g/mol. The molecule has 162 valence electrons. The van der Waals surface area contributed by atoms with Crippen LogP contribution in [0.4, 0.5) is 13.2 Å². The van der Waals surface area contributed by atoms with Crippen molar-refractivity contribution < 1.29 is 17.9 Å². The zero-order valence-corrected chi connectivity index (χ0v) is 17.5. The number of benzene rings is 3. The molecule has 1 saturated carbocycles. The number of fused-ring (bicyclic) bond motifs is 1. The van der Waals surface area contributed by atoms with Crippen molar-refractivity contribution in [2.24, 2.45) is 5.92 Å². The Morgan fingerprint density at radius 2 is 1.68 bits per heavy atom. The van der Waals surface area contributed by atoms with E-state index in [1.54, 1.807) is 12.1 Å². The van der Waals surface area contributed by atoms with Gasteiger partial charge in [0.15, 0.2) is 0 Å². The van der Waals surface area contributed by atoms with Crippen LogP contribution in [-0.2, 0) is 12.8 Å². The summed E-state index contributed by atoms with van der Waals surface area (Å²) in [6, 6.07) is 16.5. The molecule has 3 aromatic carbocycles. The maximum atomic E-state index is 15.1. The summed E-state index contributed by atoms with van der Waals surface area (Å²) >= 11 is 0. The first-order valence-electron chi connectivity index (χ1n) is 10.9. The Morgan fingerprint density at radius 1 is 0.935 bits per heavy atom. The number of aryl methyl sites for hydroxylation is 2. The predicted molar refractivity (Wildman–Crippen MR) is 119 cm³/mol. The number of rotatable bonds is 7. The topological polar surface area (TPSA) is 9.23 Å². The molecular formula is C27H27F3O. The highest BCUT2D eigenvalue weighted by Gasteiger charge is 2.21. The van der Waals surface area contributed by atoms with Crippen molar-refractivity contribution in [2.45, 2.75) is 51.1 Å². The molecule has 4 rings (SSSR count). The SMILES string of the molecule is C=CC1CCC(c2ccc3c(F)c(CCc4ccc(OC(F)F)cc4)ccc3c2)CC1. The summed E-state index contributed by atoms with van der Waals surface area (Å²) in [6.45, 7) is 1.08. The zero-order chi connectivity index (χ0) is 21.8. The highest BCUT2D eigenvalue weighted by molar-refractivity contribution is 5.84. The van der Waals surface area contributed by atoms with Gasteiger partial charge in [-0.1, -0.05) is 48.5 Å². The van der Waals surface area contributed by atoms with Crippen LogP contribution >= 0.6 is 0 Å². The minimum absolute atomic E-state index is 0.129. The average Bonchev–Trinajstić information content (AvgIpc) is 2.79. The molecule has 0 N–H and O–H groups in total. The number of ether oxygens (including phenoxy) is 1. The van der Waals surface area contributed by atoms with Crippen LogP contribution in [0.1, 0.15) is 48.3 Å². The smallest absolute Gasteiger partial charge is 0.387 e. The molecule has 0 heterocycles. The summed E-state index contributed by atoms with van der Waals surface area (Å²) in [6.07, 6.45) is 7.91. The van der Waals surface area contributed by atoms with E-state index < -0.39 is 6.61 Å². The first-order valence-corrected chi connectivity index (χ1v) is 10.9. The van der Waals surface area contributed by atoms with Gasteiger partial charge in [-0.3, -0.25) is 0 Å². The fraction of sp³-hybridized carbons (Fsp3) is 0.333. The second kappa shape index (κ2) is 9.59. The molecule has 0 amide bonds. The van der Waals surface area contributed by atoms with Crippen molar-refractivity contribution in [3.63, 3.8) is 0 Å². The molecule has 0 atom stereocenters. The van der Waals surface area contributed by atoms with Crippen LogP contribution in [0.2, 0.25) is 0 Å². The second-order valence-corrected chi connectivity index (χ2v) is 8.39. The first-order chi connectivity index (χ1) is 15.0. The minimum atomic E-state index is -2.83. The van der Waals surface area contributed by atoms with Gasteiger partial charge in [0, 0.05) is 5.39 Å². The molecule has 0 spiro atoms. The van der Waals surface area contributed by atoms with E-state index in [1.807, 2.05) is 18.2 Å². The normalized spacial score (nSPS) is 19.0. The van der Waals surface area contributed by atoms with Gasteiger partial charge in [0.25, 0.3) is 0 Å². The lowest BCUT2D eigenvalue weighted by Gasteiger charge is -2.27. The maximum Gasteiger partial charge on any atom is 0.387 e. The standard InChI is InChI=1S/C27H27F3O/c1-2-18-3-8-20(9-4-18)22-13-16-25-23(17-22)12-11-21(26(25)28)10-5-19-6-14-24(15-7-19)31-27(29)30/h2,6-7,11-18,20,27H,1,3-5,8-10H2. The summed E-state index contributed by atoms with van der Waals surface area (Å²) in [5.74, 6) is 1.13. The molecule has 1 aliphatic carbocycles. The van der Waals surface area contributed by atoms with Crippen molar-refractivity contribution in [1.82, 2.24) is 0 Å². The zero-order valence-electron chi connectivity index (χ0n) is 17.5. The summed E-state index contributed by atoms with van der Waals surface area (Å²) in [5, 5.41) is 1.60. The van der Waals surface area contributed by atoms with Gasteiger partial charge >= 0.3 is 6.61 Å². The molecule has 0 bridgehead atoms. The Bertz CT molecular complexity index is 1030. The van der Waals surface area contributed by atoms with E-state index >= 15 is 4.39 Å². The maximum absolute atomic E-state index is 15.1. The van der Waals surface area contributed by atoms with E-state index in [1.165, 1.54) is 30.5 Å². The highest BCUT2D eigenvalue weighted by Crippen LogP contribution is 2.37. The Morgan fingerprint density at radius 3 is 2.35 bits per heavy atom. The Labute approximate surface area is 181 Å². The molecule has 31 heavy (non-hydrogen) atoms. The van der Waals surface area contributed by atoms with E-state index in [9.17, 15) is 8.78 Å². The summed E-state index contributed by atoms with van der Waals surface area (Å²) in [5.41, 5.74) is 2.92. The third kappa shape index (κ3) is 5.12. The van der Waals surface area contributed by atoms with Crippen LogP contribution in [0, 0.1) is 11.7 Å². The third-order valence-electron chi connectivity index (χ3n) is 6.47. The molecule has 4 heteroatoms. The molecule has 0 unspecified atom stereocenters. The largest absolute Gasteiger partial charge is 0.435 e. The van der Waals surface area contributed by atoms with Gasteiger partial charge in [0.05, 0.1) is 0 Å². The van der Waals surface area contributed by atoms with Gasteiger partial charge in [-0.05, 0) is 84.6 Å². The molecule has 0 aromatic heterocycles. The lowest BCUT2D eigenvalue weighted by Crippen LogP contribution is -2.11. The quantitative estimate of drug-likeness (QED) is 0.351. The van der Waals surface area contributed by atoms with Crippen molar-refractivity contribution >= 4 is 10.8 Å². The lowest BCUT2D eigenvalue weighted by atomic mass is 9.78. The molecule has 0 saturated heterocycles. The second-order valence-electron chi connectivity index (χ2n) is 8.39. The number of hydrogen-bond donors (Lipinski definition) is 0. The van der Waals surface area contributed by atoms with Crippen LogP contribution in [0.15, 0.2) is 67.3 Å². The number of hydrogen-bond acceptors (Lipinski definition) is 1. The van der Waals surface area contributed by atoms with Crippen molar-refractivity contribution in [2.75, 3.05) is 0 Å². The molecule has 1 fully saturated rings. The lowest BCUT2D eigenvalue weighted by molar-refractivity contribution is -0.0498. The van der Waals surface area contributed by atoms with Gasteiger partial charge in [-0.2, -0.15) is 8.78 Å². The van der Waals surface area contributed by atoms with Crippen molar-refractivity contribution in [3.8, 4) is 5.75 Å². The number of halogens is 3. The first kappa shape index (κ1) is 21.5. The molecule has 3 aromatic rings. The third-order valence-corrected chi connectivity index (χ3v) is 6.47. The number of allylic oxidation sites excluding steroid dienone is 1. The van der Waals surface area contributed by atoms with E-state index in [0.29, 0.717) is 35.6 Å². The van der Waals surface area contributed by atoms with E-state index in [4.69, 9.17) is 0 Å². The Kier molecular flexibility index (Phi) is 6.64. The average molecular weight is 425 g/mol. The highest BCUT2D eigenvalue weighted by atomic mass is 19.3. The van der Waals surface area contributed by atoms with Crippen LogP contribution < -0.4 is 4.74 Å². The summed E-state index contributed by atoms with van der Waals surface area (Å²) in [4.78, 5) is 0. The fourth-order valence-corrected chi connectivity index (χ4v) is 4.61.